The molecule has 2 aromatic rings. The fourth-order valence-corrected chi connectivity index (χ4v) is 2.03. The summed E-state index contributed by atoms with van der Waals surface area (Å²) in [5.74, 6) is -1.90. The molecule has 102 valence electrons. The molecule has 5 heteroatoms. The summed E-state index contributed by atoms with van der Waals surface area (Å²) in [4.78, 5) is 27.7. The zero-order valence-electron chi connectivity index (χ0n) is 10.9. The van der Waals surface area contributed by atoms with Crippen LogP contribution in [0.25, 0.3) is 0 Å². The summed E-state index contributed by atoms with van der Waals surface area (Å²) >= 11 is 0. The Morgan fingerprint density at radius 3 is 2.45 bits per heavy atom. The summed E-state index contributed by atoms with van der Waals surface area (Å²) in [5, 5.41) is 0. The molecule has 0 fully saturated rings. The van der Waals surface area contributed by atoms with Crippen molar-refractivity contribution in [2.75, 3.05) is 7.11 Å². The van der Waals surface area contributed by atoms with Crippen molar-refractivity contribution < 1.29 is 14.3 Å². The minimum Gasteiger partial charge on any atom is -0.465 e. The molecule has 1 amide bonds. The standard InChI is InChI=1S/C15H14N2O3/c1-20-15(19)11-8-5-9-17-13(11)12(14(16)18)10-6-3-2-4-7-10/h2-9,12H,1H3,(H2,16,18). The predicted octanol–water partition coefficient (Wildman–Crippen LogP) is 1.49. The number of aromatic nitrogens is 1. The lowest BCUT2D eigenvalue weighted by Gasteiger charge is -2.15. The molecule has 0 radical (unpaired) electrons. The quantitative estimate of drug-likeness (QED) is 0.853. The third-order valence-corrected chi connectivity index (χ3v) is 2.93. The van der Waals surface area contributed by atoms with Crippen molar-refractivity contribution in [3.05, 3.63) is 65.5 Å². The Morgan fingerprint density at radius 2 is 1.85 bits per heavy atom. The number of ether oxygens (including phenoxy) is 1. The van der Waals surface area contributed by atoms with E-state index in [2.05, 4.69) is 4.98 Å². The second-order valence-corrected chi connectivity index (χ2v) is 4.17. The van der Waals surface area contributed by atoms with Crippen LogP contribution < -0.4 is 5.73 Å². The van der Waals surface area contributed by atoms with Crippen molar-refractivity contribution in [1.82, 2.24) is 4.98 Å². The highest BCUT2D eigenvalue weighted by atomic mass is 16.5. The largest absolute Gasteiger partial charge is 0.465 e. The van der Waals surface area contributed by atoms with E-state index in [-0.39, 0.29) is 5.56 Å². The lowest BCUT2D eigenvalue weighted by Crippen LogP contribution is -2.25. The van der Waals surface area contributed by atoms with Gasteiger partial charge in [0.15, 0.2) is 0 Å². The van der Waals surface area contributed by atoms with Crippen LogP contribution in [0.4, 0.5) is 0 Å². The van der Waals surface area contributed by atoms with Crippen molar-refractivity contribution in [3.8, 4) is 0 Å². The molecule has 0 saturated carbocycles. The number of esters is 1. The van der Waals surface area contributed by atoms with Crippen LogP contribution in [0.1, 0.15) is 27.5 Å². The van der Waals surface area contributed by atoms with E-state index in [1.165, 1.54) is 13.3 Å². The highest BCUT2D eigenvalue weighted by Gasteiger charge is 2.26. The number of methoxy groups -OCH3 is 1. The molecule has 20 heavy (non-hydrogen) atoms. The first-order valence-electron chi connectivity index (χ1n) is 6.02. The van der Waals surface area contributed by atoms with Gasteiger partial charge in [-0.1, -0.05) is 30.3 Å². The first kappa shape index (κ1) is 13.7. The monoisotopic (exact) mass is 270 g/mol. The summed E-state index contributed by atoms with van der Waals surface area (Å²) < 4.78 is 4.71. The molecule has 0 aliphatic carbocycles. The molecule has 2 rings (SSSR count). The minimum absolute atomic E-state index is 0.239. The lowest BCUT2D eigenvalue weighted by molar-refractivity contribution is -0.118. The highest BCUT2D eigenvalue weighted by Crippen LogP contribution is 2.25. The fraction of sp³-hybridized carbons (Fsp3) is 0.133. The molecule has 0 spiro atoms. The van der Waals surface area contributed by atoms with Crippen molar-refractivity contribution in [2.24, 2.45) is 5.73 Å². The first-order valence-corrected chi connectivity index (χ1v) is 6.02. The minimum atomic E-state index is -0.786. The Kier molecular flexibility index (Phi) is 4.10. The molecule has 5 nitrogen and oxygen atoms in total. The van der Waals surface area contributed by atoms with Crippen LogP contribution in [0.2, 0.25) is 0 Å². The number of amides is 1. The third kappa shape index (κ3) is 2.66. The molecule has 1 aromatic carbocycles. The van der Waals surface area contributed by atoms with Gasteiger partial charge >= 0.3 is 5.97 Å². The van der Waals surface area contributed by atoms with E-state index >= 15 is 0 Å². The van der Waals surface area contributed by atoms with Gasteiger partial charge in [-0.25, -0.2) is 4.79 Å². The van der Waals surface area contributed by atoms with Crippen LogP contribution in [-0.2, 0) is 9.53 Å². The molecule has 0 aliphatic rings. The number of carbonyl (C=O) groups is 2. The molecule has 1 unspecified atom stereocenters. The number of nitrogens with zero attached hydrogens (tertiary/aromatic N) is 1. The van der Waals surface area contributed by atoms with Gasteiger partial charge in [0.05, 0.1) is 18.4 Å². The Hall–Kier alpha value is -2.69. The maximum atomic E-state index is 11.8. The molecule has 1 heterocycles. The van der Waals surface area contributed by atoms with Gasteiger partial charge in [-0.3, -0.25) is 9.78 Å². The maximum absolute atomic E-state index is 11.8. The first-order chi connectivity index (χ1) is 9.65. The Labute approximate surface area is 116 Å². The van der Waals surface area contributed by atoms with Gasteiger partial charge in [0.2, 0.25) is 5.91 Å². The summed E-state index contributed by atoms with van der Waals surface area (Å²) in [6, 6.07) is 12.1. The number of rotatable bonds is 4. The lowest BCUT2D eigenvalue weighted by atomic mass is 9.91. The van der Waals surface area contributed by atoms with Crippen LogP contribution in [0.5, 0.6) is 0 Å². The maximum Gasteiger partial charge on any atom is 0.339 e. The molecule has 0 bridgehead atoms. The zero-order valence-corrected chi connectivity index (χ0v) is 10.9. The van der Waals surface area contributed by atoms with Crippen LogP contribution in [-0.4, -0.2) is 24.0 Å². The van der Waals surface area contributed by atoms with Crippen molar-refractivity contribution in [2.45, 2.75) is 5.92 Å². The zero-order chi connectivity index (χ0) is 14.5. The van der Waals surface area contributed by atoms with E-state index in [9.17, 15) is 9.59 Å². The average molecular weight is 270 g/mol. The van der Waals surface area contributed by atoms with Crippen LogP contribution in [0, 0.1) is 0 Å². The van der Waals surface area contributed by atoms with Crippen LogP contribution in [0.3, 0.4) is 0 Å². The van der Waals surface area contributed by atoms with Gasteiger partial charge in [0.1, 0.15) is 5.92 Å². The van der Waals surface area contributed by atoms with Crippen molar-refractivity contribution in [3.63, 3.8) is 0 Å². The van der Waals surface area contributed by atoms with Crippen molar-refractivity contribution in [1.29, 1.82) is 0 Å². The predicted molar refractivity (Wildman–Crippen MR) is 73.1 cm³/mol. The third-order valence-electron chi connectivity index (χ3n) is 2.93. The molecule has 1 aromatic heterocycles. The van der Waals surface area contributed by atoms with E-state index in [1.807, 2.05) is 6.07 Å². The van der Waals surface area contributed by atoms with E-state index in [1.54, 1.807) is 36.4 Å². The molecular formula is C15H14N2O3. The average Bonchev–Trinajstić information content (AvgIpc) is 2.48. The number of pyridine rings is 1. The van der Waals surface area contributed by atoms with Gasteiger partial charge in [-0.2, -0.15) is 0 Å². The Balaban J connectivity index is 2.57. The molecule has 2 N–H and O–H groups in total. The topological polar surface area (TPSA) is 82.3 Å². The van der Waals surface area contributed by atoms with Gasteiger partial charge in [0, 0.05) is 6.20 Å². The fourth-order valence-electron chi connectivity index (χ4n) is 2.03. The number of primary amides is 1. The molecule has 0 aliphatic heterocycles. The Bertz CT molecular complexity index is 626. The van der Waals surface area contributed by atoms with Gasteiger partial charge in [-0.05, 0) is 17.7 Å². The van der Waals surface area contributed by atoms with Gasteiger partial charge in [0.25, 0.3) is 0 Å². The van der Waals surface area contributed by atoms with Crippen LogP contribution in [0.15, 0.2) is 48.7 Å². The SMILES string of the molecule is COC(=O)c1cccnc1C(C(N)=O)c1ccccc1. The smallest absolute Gasteiger partial charge is 0.339 e. The second kappa shape index (κ2) is 5.97. The molecular weight excluding hydrogens is 256 g/mol. The number of nitrogens with two attached hydrogens (primary N) is 1. The number of carbonyl (C=O) groups excluding carboxylic acids is 2. The molecule has 0 saturated heterocycles. The van der Waals surface area contributed by atoms with Crippen molar-refractivity contribution >= 4 is 11.9 Å². The summed E-state index contributed by atoms with van der Waals surface area (Å²) in [7, 11) is 1.28. The summed E-state index contributed by atoms with van der Waals surface area (Å²) in [5.41, 5.74) is 6.71. The Morgan fingerprint density at radius 1 is 1.15 bits per heavy atom. The van der Waals surface area contributed by atoms with Gasteiger partial charge in [-0.15, -0.1) is 0 Å². The number of hydrogen-bond acceptors (Lipinski definition) is 4. The second-order valence-electron chi connectivity index (χ2n) is 4.17. The molecule has 1 atom stereocenters. The summed E-state index contributed by atoms with van der Waals surface area (Å²) in [6.07, 6.45) is 1.51. The van der Waals surface area contributed by atoms with E-state index in [0.29, 0.717) is 11.3 Å². The highest BCUT2D eigenvalue weighted by molar-refractivity contribution is 5.94. The van der Waals surface area contributed by atoms with E-state index in [0.717, 1.165) is 0 Å². The number of benzene rings is 1. The van der Waals surface area contributed by atoms with E-state index in [4.69, 9.17) is 10.5 Å². The summed E-state index contributed by atoms with van der Waals surface area (Å²) in [6.45, 7) is 0. The number of hydrogen-bond donors (Lipinski definition) is 1. The normalized spacial score (nSPS) is 11.7. The van der Waals surface area contributed by atoms with Crippen LogP contribution >= 0.6 is 0 Å². The van der Waals surface area contributed by atoms with E-state index < -0.39 is 17.8 Å². The van der Waals surface area contributed by atoms with Gasteiger partial charge < -0.3 is 10.5 Å².